The quantitative estimate of drug-likeness (QED) is 0.440. The molecule has 1 aliphatic rings. The van der Waals surface area contributed by atoms with Crippen molar-refractivity contribution in [2.45, 2.75) is 24.2 Å². The third-order valence-corrected chi connectivity index (χ3v) is 6.43. The van der Waals surface area contributed by atoms with Gasteiger partial charge in [0.1, 0.15) is 0 Å². The van der Waals surface area contributed by atoms with Crippen LogP contribution in [0.1, 0.15) is 35.2 Å². The van der Waals surface area contributed by atoms with Crippen LogP contribution in [0.4, 0.5) is 5.69 Å². The molecule has 0 aromatic heterocycles. The van der Waals surface area contributed by atoms with E-state index >= 15 is 0 Å². The van der Waals surface area contributed by atoms with Gasteiger partial charge in [-0.15, -0.1) is 0 Å². The summed E-state index contributed by atoms with van der Waals surface area (Å²) in [6.45, 7) is 0.969. The van der Waals surface area contributed by atoms with Crippen LogP contribution in [0.3, 0.4) is 0 Å². The van der Waals surface area contributed by atoms with Gasteiger partial charge in [-0.3, -0.25) is 14.9 Å². The molecule has 0 spiro atoms. The number of carbonyl (C=O) groups excluding carboxylic acids is 1. The largest absolute Gasteiger partial charge is 0.271 e. The lowest BCUT2D eigenvalue weighted by Gasteiger charge is -2.25. The lowest BCUT2D eigenvalue weighted by molar-refractivity contribution is -0.384. The van der Waals surface area contributed by atoms with Gasteiger partial charge in [-0.1, -0.05) is 12.5 Å². The van der Waals surface area contributed by atoms with Crippen molar-refractivity contribution >= 4 is 27.8 Å². The number of benzene rings is 2. The van der Waals surface area contributed by atoms with Gasteiger partial charge in [0.2, 0.25) is 10.0 Å². The van der Waals surface area contributed by atoms with Crippen molar-refractivity contribution in [1.29, 1.82) is 0 Å². The van der Waals surface area contributed by atoms with Gasteiger partial charge in [-0.25, -0.2) is 13.8 Å². The van der Waals surface area contributed by atoms with E-state index in [0.29, 0.717) is 18.7 Å². The van der Waals surface area contributed by atoms with E-state index in [4.69, 9.17) is 0 Å². The van der Waals surface area contributed by atoms with Crippen molar-refractivity contribution < 1.29 is 18.1 Å². The standard InChI is InChI=1S/C19H20N4O5S/c24-19(21-20-14-15-7-9-17(10-8-15)23(25)26)16-5-4-6-18(13-16)29(27,28)22-11-2-1-3-12-22/h4-10,13-14H,1-3,11-12H2,(H,21,24)/b20-14-. The molecule has 1 saturated heterocycles. The van der Waals surface area contributed by atoms with Gasteiger partial charge < -0.3 is 0 Å². The maximum absolute atomic E-state index is 12.8. The number of hydrogen-bond donors (Lipinski definition) is 1. The molecule has 3 rings (SSSR count). The number of nitro groups is 1. The van der Waals surface area contributed by atoms with E-state index < -0.39 is 20.9 Å². The van der Waals surface area contributed by atoms with E-state index in [2.05, 4.69) is 10.5 Å². The predicted molar refractivity (Wildman–Crippen MR) is 107 cm³/mol. The summed E-state index contributed by atoms with van der Waals surface area (Å²) in [6.07, 6.45) is 4.02. The third kappa shape index (κ3) is 5.04. The van der Waals surface area contributed by atoms with Crippen LogP contribution in [0.2, 0.25) is 0 Å². The van der Waals surface area contributed by atoms with Crippen LogP contribution in [0.15, 0.2) is 58.5 Å². The van der Waals surface area contributed by atoms with Crippen LogP contribution in [0, 0.1) is 10.1 Å². The highest BCUT2D eigenvalue weighted by Gasteiger charge is 2.26. The number of nitro benzene ring substituents is 1. The highest BCUT2D eigenvalue weighted by molar-refractivity contribution is 7.89. The molecule has 1 N–H and O–H groups in total. The maximum Gasteiger partial charge on any atom is 0.271 e. The molecule has 10 heteroatoms. The number of non-ortho nitro benzene ring substituents is 1. The summed E-state index contributed by atoms with van der Waals surface area (Å²) in [6, 6.07) is 11.5. The normalized spacial score (nSPS) is 15.3. The zero-order chi connectivity index (χ0) is 20.9. The maximum atomic E-state index is 12.8. The number of hydrazone groups is 1. The zero-order valence-electron chi connectivity index (χ0n) is 15.5. The Hall–Kier alpha value is -3.11. The second kappa shape index (κ2) is 8.93. The Bertz CT molecular complexity index is 1030. The summed E-state index contributed by atoms with van der Waals surface area (Å²) < 4.78 is 27.0. The number of nitrogens with zero attached hydrogens (tertiary/aromatic N) is 3. The first-order valence-electron chi connectivity index (χ1n) is 9.06. The van der Waals surface area contributed by atoms with Gasteiger partial charge in [0.15, 0.2) is 0 Å². The molecular formula is C19H20N4O5S. The number of carbonyl (C=O) groups is 1. The van der Waals surface area contributed by atoms with Crippen molar-refractivity contribution in [1.82, 2.24) is 9.73 Å². The number of hydrogen-bond acceptors (Lipinski definition) is 6. The minimum Gasteiger partial charge on any atom is -0.267 e. The molecule has 9 nitrogen and oxygen atoms in total. The lowest BCUT2D eigenvalue weighted by atomic mass is 10.2. The fourth-order valence-electron chi connectivity index (χ4n) is 2.96. The fourth-order valence-corrected chi connectivity index (χ4v) is 4.53. The van der Waals surface area contributed by atoms with Gasteiger partial charge >= 0.3 is 0 Å². The Balaban J connectivity index is 1.68. The van der Waals surface area contributed by atoms with E-state index in [0.717, 1.165) is 19.3 Å². The number of nitrogens with one attached hydrogen (secondary N) is 1. The Morgan fingerprint density at radius 3 is 2.45 bits per heavy atom. The molecular weight excluding hydrogens is 396 g/mol. The predicted octanol–water partition coefficient (Wildman–Crippen LogP) is 2.53. The summed E-state index contributed by atoms with van der Waals surface area (Å²) in [5, 5.41) is 14.5. The molecule has 0 bridgehead atoms. The van der Waals surface area contributed by atoms with Gasteiger partial charge in [-0.2, -0.15) is 9.41 Å². The third-order valence-electron chi connectivity index (χ3n) is 4.53. The van der Waals surface area contributed by atoms with Crippen LogP contribution in [-0.2, 0) is 10.0 Å². The highest BCUT2D eigenvalue weighted by Crippen LogP contribution is 2.21. The summed E-state index contributed by atoms with van der Waals surface area (Å²) in [7, 11) is -3.63. The van der Waals surface area contributed by atoms with Crippen LogP contribution < -0.4 is 5.43 Å². The summed E-state index contributed by atoms with van der Waals surface area (Å²) in [5.41, 5.74) is 3.02. The van der Waals surface area contributed by atoms with E-state index in [1.807, 2.05) is 0 Å². The SMILES string of the molecule is O=C(N/N=C\c1ccc([N+](=O)[O-])cc1)c1cccc(S(=O)(=O)N2CCCCC2)c1. The lowest BCUT2D eigenvalue weighted by Crippen LogP contribution is -2.35. The van der Waals surface area contributed by atoms with Crippen molar-refractivity contribution in [2.75, 3.05) is 13.1 Å². The summed E-state index contributed by atoms with van der Waals surface area (Å²) in [5.74, 6) is -0.557. The van der Waals surface area contributed by atoms with Gasteiger partial charge in [0.25, 0.3) is 11.6 Å². The molecule has 0 unspecified atom stereocenters. The van der Waals surface area contributed by atoms with Crippen LogP contribution >= 0.6 is 0 Å². The Labute approximate surface area is 168 Å². The molecule has 0 atom stereocenters. The van der Waals surface area contributed by atoms with E-state index in [1.165, 1.54) is 59.1 Å². The number of rotatable bonds is 6. The molecule has 152 valence electrons. The van der Waals surface area contributed by atoms with E-state index in [1.54, 1.807) is 0 Å². The number of piperidine rings is 1. The average Bonchev–Trinajstić information content (AvgIpc) is 2.74. The van der Waals surface area contributed by atoms with Crippen molar-refractivity contribution in [3.63, 3.8) is 0 Å². The molecule has 0 saturated carbocycles. The molecule has 29 heavy (non-hydrogen) atoms. The zero-order valence-corrected chi connectivity index (χ0v) is 16.3. The fraction of sp³-hybridized carbons (Fsp3) is 0.263. The van der Waals surface area contributed by atoms with Gasteiger partial charge in [0, 0.05) is 30.8 Å². The Morgan fingerprint density at radius 1 is 1.10 bits per heavy atom. The van der Waals surface area contributed by atoms with E-state index in [9.17, 15) is 23.3 Å². The van der Waals surface area contributed by atoms with Crippen molar-refractivity contribution in [2.24, 2.45) is 5.10 Å². The number of sulfonamides is 1. The van der Waals surface area contributed by atoms with Crippen LogP contribution in [0.5, 0.6) is 0 Å². The monoisotopic (exact) mass is 416 g/mol. The first kappa shape index (κ1) is 20.6. The summed E-state index contributed by atoms with van der Waals surface area (Å²) in [4.78, 5) is 22.5. The minimum absolute atomic E-state index is 0.0436. The number of amides is 1. The van der Waals surface area contributed by atoms with E-state index in [-0.39, 0.29) is 16.1 Å². The molecule has 0 radical (unpaired) electrons. The van der Waals surface area contributed by atoms with Crippen LogP contribution in [-0.4, -0.2) is 42.9 Å². The topological polar surface area (TPSA) is 122 Å². The van der Waals surface area contributed by atoms with Crippen LogP contribution in [0.25, 0.3) is 0 Å². The minimum atomic E-state index is -3.63. The van der Waals surface area contributed by atoms with Crippen molar-refractivity contribution in [3.05, 3.63) is 69.8 Å². The summed E-state index contributed by atoms with van der Waals surface area (Å²) >= 11 is 0. The van der Waals surface area contributed by atoms with Gasteiger partial charge in [-0.05, 0) is 48.7 Å². The average molecular weight is 416 g/mol. The smallest absolute Gasteiger partial charge is 0.267 e. The molecule has 1 heterocycles. The molecule has 0 aliphatic carbocycles. The Morgan fingerprint density at radius 2 is 1.79 bits per heavy atom. The van der Waals surface area contributed by atoms with Gasteiger partial charge in [0.05, 0.1) is 16.0 Å². The highest BCUT2D eigenvalue weighted by atomic mass is 32.2. The molecule has 1 aliphatic heterocycles. The second-order valence-corrected chi connectivity index (χ2v) is 8.48. The molecule has 2 aromatic carbocycles. The first-order chi connectivity index (χ1) is 13.9. The second-order valence-electron chi connectivity index (χ2n) is 6.54. The molecule has 1 fully saturated rings. The van der Waals surface area contributed by atoms with Crippen molar-refractivity contribution in [3.8, 4) is 0 Å². The first-order valence-corrected chi connectivity index (χ1v) is 10.5. The molecule has 1 amide bonds. The molecule has 2 aromatic rings. The Kier molecular flexibility index (Phi) is 6.35.